The lowest BCUT2D eigenvalue weighted by atomic mass is 10.1. The van der Waals surface area contributed by atoms with E-state index in [0.717, 1.165) is 31.4 Å². The monoisotopic (exact) mass is 863 g/mol. The summed E-state index contributed by atoms with van der Waals surface area (Å²) in [5, 5.41) is 45.8. The fraction of sp³-hybridized carbons (Fsp3) is 0.333. The summed E-state index contributed by atoms with van der Waals surface area (Å²) < 4.78 is 77.5. The van der Waals surface area contributed by atoms with E-state index >= 15 is 0 Å². The fourth-order valence-corrected chi connectivity index (χ4v) is 7.98. The molecule has 0 unspecified atom stereocenters. The summed E-state index contributed by atoms with van der Waals surface area (Å²) in [5.41, 5.74) is 1.01. The Morgan fingerprint density at radius 3 is 1.58 bits per heavy atom. The van der Waals surface area contributed by atoms with Crippen LogP contribution in [0.2, 0.25) is 10.0 Å². The molecule has 0 aromatic heterocycles. The molecule has 0 saturated heterocycles. The summed E-state index contributed by atoms with van der Waals surface area (Å²) >= 11 is 11.5. The molecule has 304 valence electrons. The second kappa shape index (κ2) is 21.7. The maximum absolute atomic E-state index is 12.0. The number of rotatable bonds is 16. The van der Waals surface area contributed by atoms with Gasteiger partial charge in [-0.25, -0.2) is 25.3 Å². The Morgan fingerprint density at radius 2 is 1.09 bits per heavy atom. The molecule has 14 nitrogen and oxygen atoms in total. The number of phenols is 5. The van der Waals surface area contributed by atoms with E-state index in [1.165, 1.54) is 63.1 Å². The van der Waals surface area contributed by atoms with Crippen molar-refractivity contribution in [1.82, 2.24) is 0 Å². The molecular weight excluding hydrogens is 818 g/mol. The highest BCUT2D eigenvalue weighted by atomic mass is 35.5. The average Bonchev–Trinajstić information content (AvgIpc) is 3.08. The van der Waals surface area contributed by atoms with Crippen molar-refractivity contribution in [3.8, 4) is 28.7 Å². The first kappa shape index (κ1) is 46.9. The Morgan fingerprint density at radius 1 is 0.600 bits per heavy atom. The van der Waals surface area contributed by atoms with E-state index in [0.29, 0.717) is 12.0 Å². The number of halogens is 2. The number of sulfonamides is 3. The van der Waals surface area contributed by atoms with E-state index in [1.807, 2.05) is 6.07 Å². The molecule has 55 heavy (non-hydrogen) atoms. The van der Waals surface area contributed by atoms with Gasteiger partial charge in [-0.3, -0.25) is 14.2 Å². The van der Waals surface area contributed by atoms with E-state index in [1.54, 1.807) is 24.3 Å². The van der Waals surface area contributed by atoms with Gasteiger partial charge in [0.1, 0.15) is 23.0 Å². The third-order valence-corrected chi connectivity index (χ3v) is 12.3. The van der Waals surface area contributed by atoms with Gasteiger partial charge in [0.2, 0.25) is 30.1 Å². The molecule has 19 heteroatoms. The van der Waals surface area contributed by atoms with Crippen LogP contribution in [0.3, 0.4) is 0 Å². The minimum Gasteiger partial charge on any atom is -0.508 e. The molecular formula is C36H47Cl2N3O11S3. The second-order valence-corrected chi connectivity index (χ2v) is 19.0. The lowest BCUT2D eigenvalue weighted by Gasteiger charge is -2.11. The van der Waals surface area contributed by atoms with Crippen molar-refractivity contribution in [3.63, 3.8) is 0 Å². The fourth-order valence-electron chi connectivity index (χ4n) is 4.41. The van der Waals surface area contributed by atoms with Gasteiger partial charge < -0.3 is 25.5 Å². The van der Waals surface area contributed by atoms with Crippen molar-refractivity contribution < 1.29 is 50.8 Å². The van der Waals surface area contributed by atoms with E-state index in [9.17, 15) is 40.6 Å². The maximum Gasteiger partial charge on any atom is 0.236 e. The molecule has 0 atom stereocenters. The van der Waals surface area contributed by atoms with Gasteiger partial charge in [-0.05, 0) is 62.2 Å². The van der Waals surface area contributed by atoms with Gasteiger partial charge in [0, 0.05) is 12.1 Å². The van der Waals surface area contributed by atoms with Crippen molar-refractivity contribution in [3.05, 3.63) is 94.5 Å². The van der Waals surface area contributed by atoms with Crippen LogP contribution in [-0.2, 0) is 35.8 Å². The van der Waals surface area contributed by atoms with Crippen molar-refractivity contribution >= 4 is 70.3 Å². The molecule has 4 aromatic carbocycles. The minimum atomic E-state index is -3.58. The van der Waals surface area contributed by atoms with Crippen molar-refractivity contribution in [1.29, 1.82) is 0 Å². The Hall–Kier alpha value is -4.29. The number of phenolic OH excluding ortho intramolecular Hbond substituents is 5. The standard InChI is InChI=1S/C14H23NO4S.C13H11Cl2NO3S.C9H13NO4S/c1-2-3-4-5-6-7-10-20(18,19)15-13-9-8-12(16)11-14(13)17;14-11-6-10(7-12(15)13(11)17)16-20(18,19)8-9-4-2-1-3-5-9;1-6(2)15(13,14)10-8-4-3-7(11)5-9(8)12/h8-9,11,15-17H,2-7,10H2,1H3;1-7,16-17H,8H2;3-6,10-12H,1-2H3. The van der Waals surface area contributed by atoms with Crippen LogP contribution in [0.15, 0.2) is 78.9 Å². The van der Waals surface area contributed by atoms with E-state index in [2.05, 4.69) is 21.1 Å². The highest BCUT2D eigenvalue weighted by Crippen LogP contribution is 2.35. The first-order valence-corrected chi connectivity index (χ1v) is 22.5. The number of unbranched alkanes of at least 4 members (excludes halogenated alkanes) is 5. The highest BCUT2D eigenvalue weighted by molar-refractivity contribution is 7.93. The molecule has 0 aliphatic carbocycles. The molecule has 0 amide bonds. The number of aromatic hydroxyl groups is 5. The number of benzene rings is 4. The average molecular weight is 865 g/mol. The Kier molecular flexibility index (Phi) is 18.5. The summed E-state index contributed by atoms with van der Waals surface area (Å²) in [6.07, 6.45) is 6.04. The largest absolute Gasteiger partial charge is 0.508 e. The van der Waals surface area contributed by atoms with Gasteiger partial charge in [-0.15, -0.1) is 0 Å². The van der Waals surface area contributed by atoms with E-state index in [4.69, 9.17) is 33.4 Å². The van der Waals surface area contributed by atoms with Crippen molar-refractivity contribution in [2.45, 2.75) is 70.3 Å². The van der Waals surface area contributed by atoms with Gasteiger partial charge in [0.05, 0.1) is 43.9 Å². The lowest BCUT2D eigenvalue weighted by molar-refractivity contribution is 0.451. The van der Waals surface area contributed by atoms with E-state index in [-0.39, 0.29) is 67.4 Å². The predicted octanol–water partition coefficient (Wildman–Crippen LogP) is 8.09. The van der Waals surface area contributed by atoms with Crippen LogP contribution in [0.25, 0.3) is 0 Å². The molecule has 0 spiro atoms. The van der Waals surface area contributed by atoms with Crippen LogP contribution < -0.4 is 14.2 Å². The highest BCUT2D eigenvalue weighted by Gasteiger charge is 2.18. The summed E-state index contributed by atoms with van der Waals surface area (Å²) in [5.74, 6) is -1.22. The zero-order chi connectivity index (χ0) is 41.4. The molecule has 0 fully saturated rings. The maximum atomic E-state index is 12.0. The van der Waals surface area contributed by atoms with Crippen LogP contribution in [0.1, 0.15) is 64.9 Å². The first-order valence-electron chi connectivity index (χ1n) is 16.9. The number of anilines is 3. The lowest BCUT2D eigenvalue weighted by Crippen LogP contribution is -2.22. The molecule has 4 rings (SSSR count). The van der Waals surface area contributed by atoms with Crippen molar-refractivity contribution in [2.75, 3.05) is 19.9 Å². The normalized spacial score (nSPS) is 11.5. The second-order valence-electron chi connectivity index (χ2n) is 12.4. The Balaban J connectivity index is 0.000000289. The SMILES string of the molecule is CC(C)S(=O)(=O)Nc1ccc(O)cc1O.CCCCCCCCS(=O)(=O)Nc1ccc(O)cc1O.O=S(=O)(Cc1ccccc1)Nc1cc(Cl)c(O)c(Cl)c1. The molecule has 0 saturated carbocycles. The third-order valence-electron chi connectivity index (χ3n) is 7.36. The molecule has 0 heterocycles. The predicted molar refractivity (Wildman–Crippen MR) is 219 cm³/mol. The number of hydrogen-bond acceptors (Lipinski definition) is 11. The molecule has 8 N–H and O–H groups in total. The summed E-state index contributed by atoms with van der Waals surface area (Å²) in [6.45, 7) is 5.19. The van der Waals surface area contributed by atoms with Crippen molar-refractivity contribution in [2.24, 2.45) is 0 Å². The van der Waals surface area contributed by atoms with Gasteiger partial charge in [-0.1, -0.05) is 92.6 Å². The van der Waals surface area contributed by atoms with Gasteiger partial charge in [0.15, 0.2) is 5.75 Å². The van der Waals surface area contributed by atoms with Crippen LogP contribution in [0.4, 0.5) is 17.1 Å². The zero-order valence-electron chi connectivity index (χ0n) is 30.4. The van der Waals surface area contributed by atoms with Crippen LogP contribution in [0, 0.1) is 0 Å². The summed E-state index contributed by atoms with van der Waals surface area (Å²) in [6, 6.07) is 18.8. The topological polar surface area (TPSA) is 240 Å². The van der Waals surface area contributed by atoms with Crippen LogP contribution >= 0.6 is 23.2 Å². The van der Waals surface area contributed by atoms with Gasteiger partial charge in [0.25, 0.3) is 0 Å². The Bertz CT molecular complexity index is 2150. The van der Waals surface area contributed by atoms with Gasteiger partial charge >= 0.3 is 0 Å². The molecule has 0 bridgehead atoms. The minimum absolute atomic E-state index is 0.0186. The zero-order valence-corrected chi connectivity index (χ0v) is 34.4. The molecule has 0 aliphatic rings. The third kappa shape index (κ3) is 17.4. The Labute approximate surface area is 333 Å². The summed E-state index contributed by atoms with van der Waals surface area (Å²) in [7, 11) is -10.5. The molecule has 4 aromatic rings. The van der Waals surface area contributed by atoms with Crippen LogP contribution in [0.5, 0.6) is 28.7 Å². The first-order chi connectivity index (χ1) is 25.6. The smallest absolute Gasteiger partial charge is 0.236 e. The quantitative estimate of drug-likeness (QED) is 0.0304. The van der Waals surface area contributed by atoms with Crippen LogP contribution in [-0.4, -0.2) is 61.8 Å². The summed E-state index contributed by atoms with van der Waals surface area (Å²) in [4.78, 5) is 0. The molecule has 0 aliphatic heterocycles. The van der Waals surface area contributed by atoms with E-state index < -0.39 is 35.3 Å². The number of nitrogens with one attached hydrogen (secondary N) is 3. The number of hydrogen-bond donors (Lipinski definition) is 8. The molecule has 0 radical (unpaired) electrons. The van der Waals surface area contributed by atoms with Gasteiger partial charge in [-0.2, -0.15) is 0 Å².